The molecule has 31 heavy (non-hydrogen) atoms. The lowest BCUT2D eigenvalue weighted by molar-refractivity contribution is 0.270. The van der Waals surface area contributed by atoms with E-state index in [1.54, 1.807) is 13.0 Å². The number of halogens is 2. The smallest absolute Gasteiger partial charge is 0.191 e. The monoisotopic (exact) mass is 540 g/mol. The Kier molecular flexibility index (Phi) is 10.5. The molecule has 1 fully saturated rings. The summed E-state index contributed by atoms with van der Waals surface area (Å²) in [4.78, 5) is 14.0. The largest absolute Gasteiger partial charge is 0.357 e. The summed E-state index contributed by atoms with van der Waals surface area (Å²) >= 11 is 0. The summed E-state index contributed by atoms with van der Waals surface area (Å²) in [5.74, 6) is 1.60. The second-order valence-electron chi connectivity index (χ2n) is 7.58. The van der Waals surface area contributed by atoms with Crippen LogP contribution >= 0.6 is 24.0 Å². The van der Waals surface area contributed by atoms with E-state index in [9.17, 15) is 4.39 Å². The van der Waals surface area contributed by atoms with Crippen LogP contribution in [0.4, 0.5) is 10.2 Å². The number of nitrogens with zero attached hydrogens (tertiary/aromatic N) is 4. The third kappa shape index (κ3) is 7.60. The third-order valence-electron chi connectivity index (χ3n) is 5.40. The van der Waals surface area contributed by atoms with E-state index in [2.05, 4.69) is 43.4 Å². The van der Waals surface area contributed by atoms with E-state index in [4.69, 9.17) is 0 Å². The molecule has 0 bridgehead atoms. The highest BCUT2D eigenvalue weighted by Gasteiger charge is 2.16. The standard InChI is InChI=1S/C23H33FN6.HI/c1-4-25-23(27-16-19-6-7-21(24)18(3)14-19)28-17-20-8-9-26-22(15-20)30-12-10-29(5-2)11-13-30;/h6-9,14-15H,4-5,10-13,16-17H2,1-3H3,(H2,25,27,28);1H. The topological polar surface area (TPSA) is 55.8 Å². The Morgan fingerprint density at radius 2 is 1.84 bits per heavy atom. The summed E-state index contributed by atoms with van der Waals surface area (Å²) in [6, 6.07) is 9.31. The van der Waals surface area contributed by atoms with E-state index in [0.29, 0.717) is 18.7 Å². The number of hydrogen-bond donors (Lipinski definition) is 2. The summed E-state index contributed by atoms with van der Waals surface area (Å²) in [5.41, 5.74) is 2.80. The van der Waals surface area contributed by atoms with Crippen molar-refractivity contribution in [3.05, 3.63) is 59.0 Å². The number of likely N-dealkylation sites (N-methyl/N-ethyl adjacent to an activating group) is 1. The van der Waals surface area contributed by atoms with Gasteiger partial charge in [-0.25, -0.2) is 14.4 Å². The molecule has 6 nitrogen and oxygen atoms in total. The number of pyridine rings is 1. The van der Waals surface area contributed by atoms with E-state index in [1.807, 2.05) is 25.3 Å². The van der Waals surface area contributed by atoms with Crippen LogP contribution in [0.25, 0.3) is 0 Å². The molecular weight excluding hydrogens is 506 g/mol. The number of hydrogen-bond acceptors (Lipinski definition) is 4. The van der Waals surface area contributed by atoms with Gasteiger partial charge in [0.05, 0.1) is 6.54 Å². The highest BCUT2D eigenvalue weighted by Crippen LogP contribution is 2.15. The first kappa shape index (κ1) is 25.3. The van der Waals surface area contributed by atoms with Crippen LogP contribution in [0.3, 0.4) is 0 Å². The predicted octanol–water partition coefficient (Wildman–Crippen LogP) is 3.54. The zero-order chi connectivity index (χ0) is 21.3. The quantitative estimate of drug-likeness (QED) is 0.320. The van der Waals surface area contributed by atoms with Crippen LogP contribution in [0.5, 0.6) is 0 Å². The SMILES string of the molecule is CCNC(=NCc1ccc(F)c(C)c1)NCc1ccnc(N2CCN(CC)CC2)c1.I. The maximum absolute atomic E-state index is 13.5. The fraction of sp³-hybridized carbons (Fsp3) is 0.478. The molecule has 2 heterocycles. The predicted molar refractivity (Wildman–Crippen MR) is 137 cm³/mol. The van der Waals surface area contributed by atoms with Gasteiger partial charge in [0.15, 0.2) is 5.96 Å². The fourth-order valence-electron chi connectivity index (χ4n) is 3.54. The maximum atomic E-state index is 13.5. The minimum atomic E-state index is -0.183. The van der Waals surface area contributed by atoms with E-state index < -0.39 is 0 Å². The van der Waals surface area contributed by atoms with Crippen molar-refractivity contribution in [1.29, 1.82) is 0 Å². The van der Waals surface area contributed by atoms with Crippen LogP contribution < -0.4 is 15.5 Å². The lowest BCUT2D eigenvalue weighted by Gasteiger charge is -2.34. The number of nitrogens with one attached hydrogen (secondary N) is 2. The molecule has 1 saturated heterocycles. The van der Waals surface area contributed by atoms with Gasteiger partial charge in [-0.15, -0.1) is 24.0 Å². The summed E-state index contributed by atoms with van der Waals surface area (Å²) in [7, 11) is 0. The van der Waals surface area contributed by atoms with Crippen LogP contribution in [0.1, 0.15) is 30.5 Å². The summed E-state index contributed by atoms with van der Waals surface area (Å²) in [6.07, 6.45) is 1.88. The molecule has 0 spiro atoms. The Labute approximate surface area is 202 Å². The fourth-order valence-corrected chi connectivity index (χ4v) is 3.54. The van der Waals surface area contributed by atoms with Gasteiger partial charge >= 0.3 is 0 Å². The third-order valence-corrected chi connectivity index (χ3v) is 5.40. The Balaban J connectivity index is 0.00000341. The van der Waals surface area contributed by atoms with Gasteiger partial charge < -0.3 is 20.4 Å². The number of aryl methyl sites for hydroxylation is 1. The number of piperazine rings is 1. The molecule has 1 aliphatic rings. The molecule has 170 valence electrons. The molecule has 0 radical (unpaired) electrons. The summed E-state index contributed by atoms with van der Waals surface area (Å²) in [5, 5.41) is 6.66. The van der Waals surface area contributed by atoms with E-state index >= 15 is 0 Å². The van der Waals surface area contributed by atoms with Crippen molar-refractivity contribution >= 4 is 35.8 Å². The number of aromatic nitrogens is 1. The molecular formula is C23H34FIN6. The maximum Gasteiger partial charge on any atom is 0.191 e. The Hall–Kier alpha value is -1.94. The number of rotatable bonds is 7. The molecule has 0 aliphatic carbocycles. The summed E-state index contributed by atoms with van der Waals surface area (Å²) in [6.45, 7) is 13.3. The Bertz CT molecular complexity index is 852. The molecule has 2 aromatic rings. The van der Waals surface area contributed by atoms with Crippen LogP contribution in [-0.4, -0.2) is 55.1 Å². The van der Waals surface area contributed by atoms with Crippen LogP contribution in [-0.2, 0) is 13.1 Å². The second-order valence-corrected chi connectivity index (χ2v) is 7.58. The summed E-state index contributed by atoms with van der Waals surface area (Å²) < 4.78 is 13.5. The molecule has 8 heteroatoms. The van der Waals surface area contributed by atoms with Gasteiger partial charge in [-0.2, -0.15) is 0 Å². The van der Waals surface area contributed by atoms with E-state index in [1.165, 1.54) is 11.6 Å². The highest BCUT2D eigenvalue weighted by molar-refractivity contribution is 14.0. The zero-order valence-corrected chi connectivity index (χ0v) is 21.0. The van der Waals surface area contributed by atoms with Gasteiger partial charge in [0, 0.05) is 45.5 Å². The van der Waals surface area contributed by atoms with Crippen molar-refractivity contribution in [3.8, 4) is 0 Å². The molecule has 1 aliphatic heterocycles. The van der Waals surface area contributed by atoms with Crippen molar-refractivity contribution in [2.24, 2.45) is 4.99 Å². The van der Waals surface area contributed by atoms with Crippen LogP contribution in [0.2, 0.25) is 0 Å². The van der Waals surface area contributed by atoms with Crippen LogP contribution in [0, 0.1) is 12.7 Å². The van der Waals surface area contributed by atoms with Gasteiger partial charge in [-0.3, -0.25) is 0 Å². The van der Waals surface area contributed by atoms with E-state index in [-0.39, 0.29) is 29.8 Å². The normalized spacial score (nSPS) is 14.8. The van der Waals surface area contributed by atoms with Crippen molar-refractivity contribution in [3.63, 3.8) is 0 Å². The Morgan fingerprint density at radius 3 is 2.52 bits per heavy atom. The molecule has 0 amide bonds. The molecule has 0 saturated carbocycles. The van der Waals surface area contributed by atoms with E-state index in [0.717, 1.165) is 56.6 Å². The first-order valence-electron chi connectivity index (χ1n) is 10.8. The van der Waals surface area contributed by atoms with Gasteiger partial charge in [0.25, 0.3) is 0 Å². The molecule has 0 atom stereocenters. The number of aliphatic imine (C=N–C) groups is 1. The minimum Gasteiger partial charge on any atom is -0.357 e. The molecule has 2 N–H and O–H groups in total. The van der Waals surface area contributed by atoms with Gasteiger partial charge in [0.2, 0.25) is 0 Å². The Morgan fingerprint density at radius 1 is 1.06 bits per heavy atom. The number of anilines is 1. The molecule has 3 rings (SSSR count). The van der Waals surface area contributed by atoms with Crippen molar-refractivity contribution < 1.29 is 4.39 Å². The first-order chi connectivity index (χ1) is 14.6. The molecule has 0 unspecified atom stereocenters. The van der Waals surface area contributed by atoms with Crippen molar-refractivity contribution in [2.75, 3.05) is 44.2 Å². The lowest BCUT2D eigenvalue weighted by atomic mass is 10.1. The van der Waals surface area contributed by atoms with Gasteiger partial charge in [0.1, 0.15) is 11.6 Å². The average molecular weight is 540 g/mol. The minimum absolute atomic E-state index is 0. The van der Waals surface area contributed by atoms with Gasteiger partial charge in [-0.05, 0) is 55.3 Å². The number of benzene rings is 1. The van der Waals surface area contributed by atoms with Crippen molar-refractivity contribution in [2.45, 2.75) is 33.9 Å². The molecule has 1 aromatic heterocycles. The number of guanidine groups is 1. The van der Waals surface area contributed by atoms with Crippen molar-refractivity contribution in [1.82, 2.24) is 20.5 Å². The van der Waals surface area contributed by atoms with Crippen LogP contribution in [0.15, 0.2) is 41.5 Å². The zero-order valence-electron chi connectivity index (χ0n) is 18.7. The average Bonchev–Trinajstić information content (AvgIpc) is 2.78. The highest BCUT2D eigenvalue weighted by atomic mass is 127. The second kappa shape index (κ2) is 12.8. The first-order valence-corrected chi connectivity index (χ1v) is 10.8. The van der Waals surface area contributed by atoms with Gasteiger partial charge in [-0.1, -0.05) is 19.1 Å². The lowest BCUT2D eigenvalue weighted by Crippen LogP contribution is -2.46. The molecule has 1 aromatic carbocycles.